The smallest absolute Gasteiger partial charge is 0.257 e. The Labute approximate surface area is 157 Å². The van der Waals surface area contributed by atoms with Gasteiger partial charge in [-0.15, -0.1) is 23.1 Å². The fourth-order valence-corrected chi connectivity index (χ4v) is 3.62. The zero-order chi connectivity index (χ0) is 18.5. The van der Waals surface area contributed by atoms with Crippen LogP contribution in [0.15, 0.2) is 34.5 Å². The van der Waals surface area contributed by atoms with E-state index in [1.807, 2.05) is 30.5 Å². The largest absolute Gasteiger partial charge is 0.314 e. The van der Waals surface area contributed by atoms with Gasteiger partial charge in [0.2, 0.25) is 5.95 Å². The Morgan fingerprint density at radius 1 is 1.27 bits per heavy atom. The van der Waals surface area contributed by atoms with Gasteiger partial charge >= 0.3 is 0 Å². The molecule has 0 aliphatic carbocycles. The summed E-state index contributed by atoms with van der Waals surface area (Å²) in [6.45, 7) is 1.98. The molecule has 0 fully saturated rings. The number of hydrogen-bond donors (Lipinski definition) is 2. The van der Waals surface area contributed by atoms with Crippen LogP contribution >= 0.6 is 23.1 Å². The summed E-state index contributed by atoms with van der Waals surface area (Å²) in [5.74, 6) is 0.468. The maximum atomic E-state index is 12.3. The number of anilines is 1. The number of nitrogens with one attached hydrogen (secondary N) is 2. The first-order valence-electron chi connectivity index (χ1n) is 7.44. The van der Waals surface area contributed by atoms with Crippen molar-refractivity contribution in [3.05, 3.63) is 57.3 Å². The third-order valence-corrected chi connectivity index (χ3v) is 5.19. The third kappa shape index (κ3) is 4.09. The van der Waals surface area contributed by atoms with Crippen molar-refractivity contribution in [2.75, 3.05) is 5.32 Å². The predicted octanol–water partition coefficient (Wildman–Crippen LogP) is 3.46. The van der Waals surface area contributed by atoms with E-state index >= 15 is 0 Å². The number of thioether (sulfide) groups is 1. The van der Waals surface area contributed by atoms with Gasteiger partial charge in [0, 0.05) is 21.6 Å². The zero-order valence-electron chi connectivity index (χ0n) is 13.6. The number of aromatic amines is 1. The molecule has 0 atom stereocenters. The number of nitriles is 2. The number of aryl methyl sites for hydroxylation is 1. The summed E-state index contributed by atoms with van der Waals surface area (Å²) >= 11 is 3.27. The monoisotopic (exact) mass is 380 g/mol. The van der Waals surface area contributed by atoms with Gasteiger partial charge in [-0.3, -0.25) is 10.1 Å². The van der Waals surface area contributed by atoms with Gasteiger partial charge in [0.1, 0.15) is 12.1 Å². The molecule has 26 heavy (non-hydrogen) atoms. The van der Waals surface area contributed by atoms with E-state index in [-0.39, 0.29) is 23.2 Å². The van der Waals surface area contributed by atoms with Crippen LogP contribution in [0.1, 0.15) is 32.4 Å². The highest BCUT2D eigenvalue weighted by molar-refractivity contribution is 7.98. The lowest BCUT2D eigenvalue weighted by Crippen LogP contribution is -2.12. The van der Waals surface area contributed by atoms with Gasteiger partial charge in [-0.2, -0.15) is 10.5 Å². The van der Waals surface area contributed by atoms with Gasteiger partial charge in [-0.05, 0) is 31.2 Å². The van der Waals surface area contributed by atoms with E-state index in [1.54, 1.807) is 41.3 Å². The Hall–Kier alpha value is -3.14. The lowest BCUT2D eigenvalue weighted by molar-refractivity contribution is 0.102. The van der Waals surface area contributed by atoms with Gasteiger partial charge in [0.15, 0.2) is 11.4 Å². The predicted molar refractivity (Wildman–Crippen MR) is 98.8 cm³/mol. The maximum Gasteiger partial charge on any atom is 0.257 e. The maximum absolute atomic E-state index is 12.3. The van der Waals surface area contributed by atoms with Crippen LogP contribution in [0.25, 0.3) is 0 Å². The van der Waals surface area contributed by atoms with E-state index in [1.165, 1.54) is 0 Å². The highest BCUT2D eigenvalue weighted by Crippen LogP contribution is 2.24. The summed E-state index contributed by atoms with van der Waals surface area (Å²) in [6.07, 6.45) is 0. The summed E-state index contributed by atoms with van der Waals surface area (Å²) in [7, 11) is 0. The normalized spacial score (nSPS) is 10.1. The summed E-state index contributed by atoms with van der Waals surface area (Å²) < 4.78 is 0. The molecule has 7 nitrogen and oxygen atoms in total. The average molecular weight is 380 g/mol. The Balaban J connectivity index is 1.62. The van der Waals surface area contributed by atoms with E-state index in [2.05, 4.69) is 20.3 Å². The molecule has 1 amide bonds. The second-order valence-corrected chi connectivity index (χ2v) is 7.27. The molecule has 0 saturated heterocycles. The number of hydrogen-bond acceptors (Lipinski definition) is 7. The molecule has 1 aromatic carbocycles. The molecule has 128 valence electrons. The average Bonchev–Trinajstić information content (AvgIpc) is 3.25. The van der Waals surface area contributed by atoms with Gasteiger partial charge in [-0.25, -0.2) is 9.97 Å². The van der Waals surface area contributed by atoms with Crippen molar-refractivity contribution in [3.63, 3.8) is 0 Å². The van der Waals surface area contributed by atoms with E-state index in [9.17, 15) is 4.79 Å². The van der Waals surface area contributed by atoms with Crippen LogP contribution < -0.4 is 5.32 Å². The molecule has 0 aliphatic rings. The standard InChI is InChI=1S/C17H12N6OS2/c1-10-20-12(8-25-10)9-26-13-4-2-11(3-5-13)16(24)23-17-21-14(6-18)15(7-19)22-17/h2-5,8H,9H2,1H3,(H2,21,22,23,24). The minimum atomic E-state index is -0.376. The Kier molecular flexibility index (Phi) is 5.32. The highest BCUT2D eigenvalue weighted by Gasteiger charge is 2.13. The van der Waals surface area contributed by atoms with E-state index in [0.717, 1.165) is 21.3 Å². The summed E-state index contributed by atoms with van der Waals surface area (Å²) in [5, 5.41) is 23.4. The minimum Gasteiger partial charge on any atom is -0.314 e. The van der Waals surface area contributed by atoms with E-state index < -0.39 is 0 Å². The van der Waals surface area contributed by atoms with Gasteiger partial charge < -0.3 is 4.98 Å². The number of aromatic nitrogens is 3. The molecule has 9 heteroatoms. The Morgan fingerprint density at radius 2 is 2.04 bits per heavy atom. The number of benzene rings is 1. The number of H-pyrrole nitrogens is 1. The fourth-order valence-electron chi connectivity index (χ4n) is 2.11. The molecule has 2 heterocycles. The first-order chi connectivity index (χ1) is 12.6. The first kappa shape index (κ1) is 17.7. The van der Waals surface area contributed by atoms with E-state index in [0.29, 0.717) is 5.56 Å². The van der Waals surface area contributed by atoms with Crippen molar-refractivity contribution < 1.29 is 4.79 Å². The van der Waals surface area contributed by atoms with Crippen LogP contribution in [0.2, 0.25) is 0 Å². The SMILES string of the molecule is Cc1nc(CSc2ccc(C(=O)Nc3nc(C#N)c(C#N)[nH]3)cc2)cs1. The molecular formula is C17H12N6OS2. The molecule has 0 aliphatic heterocycles. The lowest BCUT2D eigenvalue weighted by Gasteiger charge is -2.04. The van der Waals surface area contributed by atoms with Crippen LogP contribution in [0.5, 0.6) is 0 Å². The molecule has 2 aromatic heterocycles. The molecule has 0 spiro atoms. The first-order valence-corrected chi connectivity index (χ1v) is 9.31. The van der Waals surface area contributed by atoms with Crippen LogP contribution in [-0.2, 0) is 5.75 Å². The van der Waals surface area contributed by atoms with Crippen LogP contribution in [0.4, 0.5) is 5.95 Å². The van der Waals surface area contributed by atoms with Crippen LogP contribution in [0.3, 0.4) is 0 Å². The molecule has 3 aromatic rings. The summed E-state index contributed by atoms with van der Waals surface area (Å²) in [4.78, 5) is 24.2. The third-order valence-electron chi connectivity index (χ3n) is 3.32. The lowest BCUT2D eigenvalue weighted by atomic mass is 10.2. The Morgan fingerprint density at radius 3 is 2.62 bits per heavy atom. The Bertz CT molecular complexity index is 991. The fraction of sp³-hybridized carbons (Fsp3) is 0.118. The van der Waals surface area contributed by atoms with Crippen molar-refractivity contribution in [1.82, 2.24) is 15.0 Å². The van der Waals surface area contributed by atoms with Crippen LogP contribution in [0, 0.1) is 29.6 Å². The molecule has 0 bridgehead atoms. The number of nitrogens with zero attached hydrogens (tertiary/aromatic N) is 4. The summed E-state index contributed by atoms with van der Waals surface area (Å²) in [6, 6.07) is 10.8. The molecule has 0 saturated carbocycles. The quantitative estimate of drug-likeness (QED) is 0.654. The number of carbonyl (C=O) groups excluding carboxylic acids is 1. The highest BCUT2D eigenvalue weighted by atomic mass is 32.2. The van der Waals surface area contributed by atoms with Gasteiger partial charge in [0.05, 0.1) is 10.7 Å². The van der Waals surface area contributed by atoms with E-state index in [4.69, 9.17) is 10.5 Å². The number of thiazole rings is 1. The number of carbonyl (C=O) groups is 1. The molecule has 0 unspecified atom stereocenters. The molecule has 3 rings (SSSR count). The number of amides is 1. The number of imidazole rings is 1. The second kappa shape index (κ2) is 7.83. The molecule has 2 N–H and O–H groups in total. The van der Waals surface area contributed by atoms with Crippen molar-refractivity contribution in [2.24, 2.45) is 0 Å². The zero-order valence-corrected chi connectivity index (χ0v) is 15.2. The topological polar surface area (TPSA) is 118 Å². The van der Waals surface area contributed by atoms with Crippen molar-refractivity contribution in [1.29, 1.82) is 10.5 Å². The van der Waals surface area contributed by atoms with Gasteiger partial charge in [-0.1, -0.05) is 0 Å². The van der Waals surface area contributed by atoms with Crippen LogP contribution in [-0.4, -0.2) is 20.9 Å². The number of rotatable bonds is 5. The second-order valence-electron chi connectivity index (χ2n) is 5.16. The summed E-state index contributed by atoms with van der Waals surface area (Å²) in [5.41, 5.74) is 1.46. The minimum absolute atomic E-state index is 0.0202. The van der Waals surface area contributed by atoms with Crippen molar-refractivity contribution in [2.45, 2.75) is 17.6 Å². The molecular weight excluding hydrogens is 368 g/mol. The van der Waals surface area contributed by atoms with Crippen molar-refractivity contribution in [3.8, 4) is 12.1 Å². The van der Waals surface area contributed by atoms with Crippen molar-refractivity contribution >= 4 is 35.0 Å². The van der Waals surface area contributed by atoms with Gasteiger partial charge in [0.25, 0.3) is 5.91 Å². The molecule has 0 radical (unpaired) electrons.